The lowest BCUT2D eigenvalue weighted by atomic mass is 10.0. The van der Waals surface area contributed by atoms with Crippen LogP contribution in [-0.2, 0) is 4.79 Å². The zero-order valence-corrected chi connectivity index (χ0v) is 9.18. The molecule has 0 heterocycles. The topological polar surface area (TPSA) is 49.3 Å². The molecule has 1 rings (SSSR count). The first kappa shape index (κ1) is 11.5. The molecule has 1 aliphatic rings. The van der Waals surface area contributed by atoms with Crippen molar-refractivity contribution in [1.29, 1.82) is 0 Å². The van der Waals surface area contributed by atoms with E-state index in [0.717, 1.165) is 25.7 Å². The van der Waals surface area contributed by atoms with Gasteiger partial charge in [-0.3, -0.25) is 4.79 Å². The van der Waals surface area contributed by atoms with E-state index in [9.17, 15) is 4.79 Å². The van der Waals surface area contributed by atoms with Gasteiger partial charge in [0.25, 0.3) is 0 Å². The van der Waals surface area contributed by atoms with E-state index in [2.05, 4.69) is 5.32 Å². The van der Waals surface area contributed by atoms with Crippen molar-refractivity contribution < 1.29 is 9.90 Å². The maximum absolute atomic E-state index is 11.6. The first-order valence-electron chi connectivity index (χ1n) is 5.56. The lowest BCUT2D eigenvalue weighted by Gasteiger charge is -2.16. The molecule has 0 atom stereocenters. The van der Waals surface area contributed by atoms with Crippen LogP contribution in [0.15, 0.2) is 0 Å². The van der Waals surface area contributed by atoms with Crippen LogP contribution in [0.5, 0.6) is 0 Å². The van der Waals surface area contributed by atoms with Gasteiger partial charge in [-0.2, -0.15) is 0 Å². The largest absolute Gasteiger partial charge is 0.396 e. The predicted molar refractivity (Wildman–Crippen MR) is 55.8 cm³/mol. The van der Waals surface area contributed by atoms with Crippen LogP contribution in [0.2, 0.25) is 0 Å². The molecule has 0 aromatic carbocycles. The van der Waals surface area contributed by atoms with Gasteiger partial charge in [0.1, 0.15) is 0 Å². The van der Waals surface area contributed by atoms with Crippen LogP contribution >= 0.6 is 0 Å². The van der Waals surface area contributed by atoms with Gasteiger partial charge in [0, 0.05) is 17.9 Å². The van der Waals surface area contributed by atoms with Gasteiger partial charge >= 0.3 is 0 Å². The van der Waals surface area contributed by atoms with Crippen LogP contribution < -0.4 is 5.32 Å². The highest BCUT2D eigenvalue weighted by molar-refractivity contribution is 5.78. The Hall–Kier alpha value is -0.570. The average Bonchev–Trinajstić information content (AvgIpc) is 2.97. The molecule has 1 amide bonds. The van der Waals surface area contributed by atoms with Crippen LogP contribution in [0.4, 0.5) is 0 Å². The monoisotopic (exact) mass is 199 g/mol. The zero-order valence-electron chi connectivity index (χ0n) is 9.18. The Morgan fingerprint density at radius 1 is 1.43 bits per heavy atom. The Labute approximate surface area is 85.9 Å². The molecule has 3 nitrogen and oxygen atoms in total. The van der Waals surface area contributed by atoms with E-state index in [1.807, 2.05) is 13.8 Å². The van der Waals surface area contributed by atoms with Gasteiger partial charge in [0.05, 0.1) is 6.61 Å². The van der Waals surface area contributed by atoms with Crippen LogP contribution in [0, 0.1) is 11.3 Å². The minimum Gasteiger partial charge on any atom is -0.396 e. The Bertz CT molecular complexity index is 195. The standard InChI is InChI=1S/C11H21NO2/c1-3-9(4-2)10(14)12-7-11(8-13)5-6-11/h9,13H,3-8H2,1-2H3,(H,12,14). The Balaban J connectivity index is 2.27. The zero-order chi connectivity index (χ0) is 10.6. The summed E-state index contributed by atoms with van der Waals surface area (Å²) in [5.41, 5.74) is 0.0295. The van der Waals surface area contributed by atoms with E-state index in [-0.39, 0.29) is 23.8 Å². The van der Waals surface area contributed by atoms with Gasteiger partial charge in [0.15, 0.2) is 0 Å². The highest BCUT2D eigenvalue weighted by Crippen LogP contribution is 2.44. The van der Waals surface area contributed by atoms with Gasteiger partial charge in [-0.25, -0.2) is 0 Å². The second-order valence-corrected chi connectivity index (χ2v) is 4.39. The molecule has 2 N–H and O–H groups in total. The Kier molecular flexibility index (Phi) is 3.93. The summed E-state index contributed by atoms with van der Waals surface area (Å²) >= 11 is 0. The number of hydrogen-bond donors (Lipinski definition) is 2. The van der Waals surface area contributed by atoms with E-state index < -0.39 is 0 Å². The van der Waals surface area contributed by atoms with Crippen LogP contribution in [0.1, 0.15) is 39.5 Å². The Morgan fingerprint density at radius 3 is 2.36 bits per heavy atom. The van der Waals surface area contributed by atoms with E-state index in [0.29, 0.717) is 6.54 Å². The van der Waals surface area contributed by atoms with E-state index in [1.165, 1.54) is 0 Å². The summed E-state index contributed by atoms with van der Waals surface area (Å²) in [4.78, 5) is 11.6. The number of aliphatic hydroxyl groups is 1. The second-order valence-electron chi connectivity index (χ2n) is 4.39. The fraction of sp³-hybridized carbons (Fsp3) is 0.909. The summed E-state index contributed by atoms with van der Waals surface area (Å²) < 4.78 is 0. The molecule has 3 heteroatoms. The third-order valence-corrected chi connectivity index (χ3v) is 3.29. The summed E-state index contributed by atoms with van der Waals surface area (Å²) in [5.74, 6) is 0.291. The third-order valence-electron chi connectivity index (χ3n) is 3.29. The number of aliphatic hydroxyl groups excluding tert-OH is 1. The van der Waals surface area contributed by atoms with Crippen molar-refractivity contribution >= 4 is 5.91 Å². The van der Waals surface area contributed by atoms with Crippen molar-refractivity contribution in [1.82, 2.24) is 5.32 Å². The van der Waals surface area contributed by atoms with Gasteiger partial charge < -0.3 is 10.4 Å². The number of nitrogens with one attached hydrogen (secondary N) is 1. The number of rotatable bonds is 6. The molecule has 1 saturated carbocycles. The first-order valence-corrected chi connectivity index (χ1v) is 5.56. The second kappa shape index (κ2) is 4.78. The normalized spacial score (nSPS) is 18.3. The van der Waals surface area contributed by atoms with E-state index in [1.54, 1.807) is 0 Å². The Morgan fingerprint density at radius 2 is 2.00 bits per heavy atom. The number of hydrogen-bond acceptors (Lipinski definition) is 2. The van der Waals surface area contributed by atoms with Crippen molar-refractivity contribution in [2.45, 2.75) is 39.5 Å². The van der Waals surface area contributed by atoms with E-state index in [4.69, 9.17) is 5.11 Å². The van der Waals surface area contributed by atoms with Crippen molar-refractivity contribution in [2.24, 2.45) is 11.3 Å². The smallest absolute Gasteiger partial charge is 0.223 e. The maximum Gasteiger partial charge on any atom is 0.223 e. The molecule has 14 heavy (non-hydrogen) atoms. The molecule has 0 radical (unpaired) electrons. The lowest BCUT2D eigenvalue weighted by molar-refractivity contribution is -0.125. The van der Waals surface area contributed by atoms with E-state index >= 15 is 0 Å². The number of carbonyl (C=O) groups excluding carboxylic acids is 1. The quantitative estimate of drug-likeness (QED) is 0.677. The highest BCUT2D eigenvalue weighted by Gasteiger charge is 2.42. The molecule has 0 aromatic rings. The van der Waals surface area contributed by atoms with Gasteiger partial charge in [-0.15, -0.1) is 0 Å². The molecule has 0 saturated heterocycles. The van der Waals surface area contributed by atoms with Crippen molar-refractivity contribution in [2.75, 3.05) is 13.2 Å². The van der Waals surface area contributed by atoms with Crippen LogP contribution in [0.3, 0.4) is 0 Å². The van der Waals surface area contributed by atoms with Crippen molar-refractivity contribution in [3.8, 4) is 0 Å². The average molecular weight is 199 g/mol. The summed E-state index contributed by atoms with van der Waals surface area (Å²) in [5, 5.41) is 12.0. The molecule has 0 bridgehead atoms. The molecular weight excluding hydrogens is 178 g/mol. The molecule has 1 fully saturated rings. The molecule has 82 valence electrons. The summed E-state index contributed by atoms with van der Waals surface area (Å²) in [7, 11) is 0. The summed E-state index contributed by atoms with van der Waals surface area (Å²) in [6.45, 7) is 4.92. The number of amides is 1. The van der Waals surface area contributed by atoms with Gasteiger partial charge in [0.2, 0.25) is 5.91 Å². The molecule has 0 aliphatic heterocycles. The first-order chi connectivity index (χ1) is 6.67. The molecular formula is C11H21NO2. The third kappa shape index (κ3) is 2.71. The molecule has 0 spiro atoms. The van der Waals surface area contributed by atoms with Crippen LogP contribution in [0.25, 0.3) is 0 Å². The molecule has 1 aliphatic carbocycles. The highest BCUT2D eigenvalue weighted by atomic mass is 16.3. The van der Waals surface area contributed by atoms with Crippen molar-refractivity contribution in [3.05, 3.63) is 0 Å². The predicted octanol–water partition coefficient (Wildman–Crippen LogP) is 1.31. The minimum absolute atomic E-state index is 0.0295. The van der Waals surface area contributed by atoms with Gasteiger partial charge in [-0.1, -0.05) is 13.8 Å². The van der Waals surface area contributed by atoms with Crippen molar-refractivity contribution in [3.63, 3.8) is 0 Å². The SMILES string of the molecule is CCC(CC)C(=O)NCC1(CO)CC1. The fourth-order valence-electron chi connectivity index (χ4n) is 1.65. The molecule has 0 unspecified atom stereocenters. The molecule has 0 aromatic heterocycles. The fourth-order valence-corrected chi connectivity index (χ4v) is 1.65. The number of carbonyl (C=O) groups is 1. The summed E-state index contributed by atoms with van der Waals surface area (Å²) in [6, 6.07) is 0. The lowest BCUT2D eigenvalue weighted by Crippen LogP contribution is -2.35. The minimum atomic E-state index is 0.0295. The summed E-state index contributed by atoms with van der Waals surface area (Å²) in [6.07, 6.45) is 3.89. The van der Waals surface area contributed by atoms with Crippen LogP contribution in [-0.4, -0.2) is 24.2 Å². The maximum atomic E-state index is 11.6. The van der Waals surface area contributed by atoms with Gasteiger partial charge in [-0.05, 0) is 25.7 Å².